The molecular weight excluding hydrogens is 461 g/mol. The minimum atomic E-state index is -4.68. The summed E-state index contributed by atoms with van der Waals surface area (Å²) in [7, 11) is -3.41. The third-order valence-electron chi connectivity index (χ3n) is 4.82. The molecule has 0 atom stereocenters. The molecule has 13 heteroatoms. The van der Waals surface area contributed by atoms with Gasteiger partial charge in [0.05, 0.1) is 5.75 Å². The van der Waals surface area contributed by atoms with Crippen molar-refractivity contribution in [3.05, 3.63) is 47.0 Å². The highest BCUT2D eigenvalue weighted by molar-refractivity contribution is 7.92. The molecule has 1 aromatic carbocycles. The van der Waals surface area contributed by atoms with E-state index < -0.39 is 22.0 Å². The maximum Gasteiger partial charge on any atom is 0.453 e. The normalized spacial score (nSPS) is 12.2. The molecule has 0 bridgehead atoms. The van der Waals surface area contributed by atoms with Crippen LogP contribution in [-0.2, 0) is 27.4 Å². The Balaban J connectivity index is 1.66. The molecule has 3 aromatic rings. The van der Waals surface area contributed by atoms with Crippen LogP contribution < -0.4 is 10.0 Å². The SMILES string of the molecule is CCCS(=O)(=O)Nc1ccc(NC(=O)CCc2c(C)nc3nc(C(F)(F)F)nn3c2C)cc1. The van der Waals surface area contributed by atoms with E-state index in [1.807, 2.05) is 0 Å². The number of halogens is 3. The lowest BCUT2D eigenvalue weighted by molar-refractivity contribution is -0.144. The molecule has 33 heavy (non-hydrogen) atoms. The van der Waals surface area contributed by atoms with Gasteiger partial charge in [0.2, 0.25) is 15.9 Å². The lowest BCUT2D eigenvalue weighted by Crippen LogP contribution is -2.16. The molecule has 0 unspecified atom stereocenters. The highest BCUT2D eigenvalue weighted by Crippen LogP contribution is 2.27. The fourth-order valence-corrected chi connectivity index (χ4v) is 4.41. The van der Waals surface area contributed by atoms with Gasteiger partial charge in [0.25, 0.3) is 11.6 Å². The molecule has 2 aromatic heterocycles. The number of nitrogens with zero attached hydrogens (tertiary/aromatic N) is 4. The van der Waals surface area contributed by atoms with E-state index in [0.29, 0.717) is 34.7 Å². The Morgan fingerprint density at radius 1 is 1.09 bits per heavy atom. The fourth-order valence-electron chi connectivity index (χ4n) is 3.27. The summed E-state index contributed by atoms with van der Waals surface area (Å²) in [5.41, 5.74) is 2.37. The van der Waals surface area contributed by atoms with Crippen molar-refractivity contribution >= 4 is 33.1 Å². The smallest absolute Gasteiger partial charge is 0.326 e. The number of rotatable bonds is 8. The number of alkyl halides is 3. The molecule has 0 saturated carbocycles. The van der Waals surface area contributed by atoms with Crippen molar-refractivity contribution in [1.82, 2.24) is 19.6 Å². The van der Waals surface area contributed by atoms with E-state index in [2.05, 4.69) is 25.1 Å². The van der Waals surface area contributed by atoms with Crippen LogP contribution >= 0.6 is 0 Å². The molecule has 0 aliphatic rings. The number of carbonyl (C=O) groups is 1. The van der Waals surface area contributed by atoms with E-state index in [-0.39, 0.29) is 30.3 Å². The van der Waals surface area contributed by atoms with Gasteiger partial charge < -0.3 is 5.32 Å². The van der Waals surface area contributed by atoms with Crippen LogP contribution in [0, 0.1) is 13.8 Å². The summed E-state index contributed by atoms with van der Waals surface area (Å²) in [6, 6.07) is 6.22. The first-order chi connectivity index (χ1) is 15.4. The summed E-state index contributed by atoms with van der Waals surface area (Å²) in [6.45, 7) is 5.00. The van der Waals surface area contributed by atoms with Crippen molar-refractivity contribution in [1.29, 1.82) is 0 Å². The zero-order chi connectivity index (χ0) is 24.4. The maximum atomic E-state index is 12.9. The molecule has 0 aliphatic heterocycles. The highest BCUT2D eigenvalue weighted by atomic mass is 32.2. The van der Waals surface area contributed by atoms with E-state index in [9.17, 15) is 26.4 Å². The molecule has 3 rings (SSSR count). The maximum absolute atomic E-state index is 12.9. The first-order valence-corrected chi connectivity index (χ1v) is 11.8. The number of amides is 1. The Hall–Kier alpha value is -3.22. The second kappa shape index (κ2) is 9.33. The topological polar surface area (TPSA) is 118 Å². The Kier molecular flexibility index (Phi) is 6.91. The summed E-state index contributed by atoms with van der Waals surface area (Å²) in [5, 5.41) is 6.20. The molecule has 178 valence electrons. The van der Waals surface area contributed by atoms with E-state index in [0.717, 1.165) is 4.52 Å². The van der Waals surface area contributed by atoms with E-state index in [4.69, 9.17) is 0 Å². The van der Waals surface area contributed by atoms with Crippen LogP contribution in [0.3, 0.4) is 0 Å². The van der Waals surface area contributed by atoms with Gasteiger partial charge >= 0.3 is 6.18 Å². The molecule has 0 spiro atoms. The van der Waals surface area contributed by atoms with Gasteiger partial charge in [-0.3, -0.25) is 9.52 Å². The Labute approximate surface area is 188 Å². The van der Waals surface area contributed by atoms with Crippen LogP contribution in [0.4, 0.5) is 24.5 Å². The molecule has 0 saturated heterocycles. The van der Waals surface area contributed by atoms with Gasteiger partial charge in [-0.1, -0.05) is 6.92 Å². The number of aryl methyl sites for hydroxylation is 2. The molecular formula is C20H23F3N6O3S. The summed E-state index contributed by atoms with van der Waals surface area (Å²) in [4.78, 5) is 19.9. The van der Waals surface area contributed by atoms with Crippen molar-refractivity contribution < 1.29 is 26.4 Å². The number of hydrogen-bond acceptors (Lipinski definition) is 6. The van der Waals surface area contributed by atoms with Gasteiger partial charge in [-0.05, 0) is 56.5 Å². The van der Waals surface area contributed by atoms with Crippen LogP contribution in [0.15, 0.2) is 24.3 Å². The molecule has 2 heterocycles. The average Bonchev–Trinajstić information content (AvgIpc) is 3.14. The minimum Gasteiger partial charge on any atom is -0.326 e. The standard InChI is InChI=1S/C20H23F3N6O3S/c1-4-11-33(31,32)28-15-7-5-14(6-8-15)25-17(30)10-9-16-12(2)24-19-26-18(20(21,22)23)27-29(19)13(16)3/h5-8,28H,4,9-11H2,1-3H3,(H,25,30). The fraction of sp³-hybridized carbons (Fsp3) is 0.400. The summed E-state index contributed by atoms with van der Waals surface area (Å²) < 4.78 is 65.8. The van der Waals surface area contributed by atoms with E-state index >= 15 is 0 Å². The van der Waals surface area contributed by atoms with Crippen LogP contribution in [0.5, 0.6) is 0 Å². The average molecular weight is 485 g/mol. The molecule has 0 aliphatic carbocycles. The lowest BCUT2D eigenvalue weighted by Gasteiger charge is -2.11. The first kappa shape index (κ1) is 24.4. The number of nitrogens with one attached hydrogen (secondary N) is 2. The summed E-state index contributed by atoms with van der Waals surface area (Å²) >= 11 is 0. The Morgan fingerprint density at radius 2 is 1.73 bits per heavy atom. The number of fused-ring (bicyclic) bond motifs is 1. The van der Waals surface area contributed by atoms with Gasteiger partial charge in [0, 0.05) is 29.2 Å². The molecule has 2 N–H and O–H groups in total. The van der Waals surface area contributed by atoms with Gasteiger partial charge in [-0.25, -0.2) is 17.9 Å². The number of carbonyl (C=O) groups excluding carboxylic acids is 1. The lowest BCUT2D eigenvalue weighted by atomic mass is 10.1. The van der Waals surface area contributed by atoms with Crippen molar-refractivity contribution in [3.63, 3.8) is 0 Å². The van der Waals surface area contributed by atoms with Crippen molar-refractivity contribution in [2.45, 2.75) is 46.2 Å². The number of benzene rings is 1. The highest BCUT2D eigenvalue weighted by Gasteiger charge is 2.37. The first-order valence-electron chi connectivity index (χ1n) is 10.1. The quantitative estimate of drug-likeness (QED) is 0.505. The molecule has 1 amide bonds. The van der Waals surface area contributed by atoms with Crippen molar-refractivity contribution in [2.24, 2.45) is 0 Å². The number of anilines is 2. The van der Waals surface area contributed by atoms with Gasteiger partial charge in [-0.15, -0.1) is 5.10 Å². The van der Waals surface area contributed by atoms with Crippen LogP contribution in [-0.4, -0.2) is 39.7 Å². The zero-order valence-electron chi connectivity index (χ0n) is 18.2. The second-order valence-corrected chi connectivity index (χ2v) is 9.29. The van der Waals surface area contributed by atoms with E-state index in [1.54, 1.807) is 32.9 Å². The van der Waals surface area contributed by atoms with E-state index in [1.165, 1.54) is 12.1 Å². The Bertz CT molecular complexity index is 1270. The molecule has 0 radical (unpaired) electrons. The summed E-state index contributed by atoms with van der Waals surface area (Å²) in [6.07, 6.45) is -3.90. The van der Waals surface area contributed by atoms with Gasteiger partial charge in [0.15, 0.2) is 0 Å². The van der Waals surface area contributed by atoms with Crippen LogP contribution in [0.1, 0.15) is 42.5 Å². The molecule has 9 nitrogen and oxygen atoms in total. The van der Waals surface area contributed by atoms with Gasteiger partial charge in [0.1, 0.15) is 0 Å². The number of aromatic nitrogens is 4. The minimum absolute atomic E-state index is 0.0110. The Morgan fingerprint density at radius 3 is 2.33 bits per heavy atom. The molecule has 0 fully saturated rings. The van der Waals surface area contributed by atoms with Gasteiger partial charge in [-0.2, -0.15) is 18.2 Å². The summed E-state index contributed by atoms with van der Waals surface area (Å²) in [5.74, 6) is -1.73. The van der Waals surface area contributed by atoms with Crippen LogP contribution in [0.25, 0.3) is 5.78 Å². The second-order valence-electron chi connectivity index (χ2n) is 7.45. The number of hydrogen-bond donors (Lipinski definition) is 2. The van der Waals surface area contributed by atoms with Crippen molar-refractivity contribution in [3.8, 4) is 0 Å². The van der Waals surface area contributed by atoms with Crippen molar-refractivity contribution in [2.75, 3.05) is 15.8 Å². The number of sulfonamides is 1. The third kappa shape index (κ3) is 5.97. The third-order valence-corrected chi connectivity index (χ3v) is 6.31. The largest absolute Gasteiger partial charge is 0.453 e. The zero-order valence-corrected chi connectivity index (χ0v) is 19.0. The monoisotopic (exact) mass is 484 g/mol. The van der Waals surface area contributed by atoms with Crippen LogP contribution in [0.2, 0.25) is 0 Å². The predicted molar refractivity (Wildman–Crippen MR) is 116 cm³/mol. The predicted octanol–water partition coefficient (Wildman–Crippen LogP) is 3.48.